The van der Waals surface area contributed by atoms with Crippen LogP contribution in [0.15, 0.2) is 24.3 Å². The van der Waals surface area contributed by atoms with Crippen LogP contribution in [0, 0.1) is 19.8 Å². The highest BCUT2D eigenvalue weighted by Crippen LogP contribution is 2.24. The lowest BCUT2D eigenvalue weighted by Gasteiger charge is -2.30. The molecule has 0 radical (unpaired) electrons. The smallest absolute Gasteiger partial charge is 0.273 e. The Bertz CT molecular complexity index is 708. The van der Waals surface area contributed by atoms with Crippen LogP contribution in [-0.2, 0) is 0 Å². The van der Waals surface area contributed by atoms with Crippen LogP contribution in [0.2, 0.25) is 0 Å². The minimum atomic E-state index is -0.212. The summed E-state index contributed by atoms with van der Waals surface area (Å²) in [5.41, 5.74) is 3.11. The molecule has 3 rings (SSSR count). The maximum atomic E-state index is 12.6. The zero-order chi connectivity index (χ0) is 17.1. The van der Waals surface area contributed by atoms with Gasteiger partial charge in [-0.05, 0) is 38.8 Å². The van der Waals surface area contributed by atoms with Crippen molar-refractivity contribution in [2.75, 3.05) is 6.61 Å². The van der Waals surface area contributed by atoms with Gasteiger partial charge in [-0.1, -0.05) is 35.8 Å². The molecule has 2 atom stereocenters. The third-order valence-electron chi connectivity index (χ3n) is 4.85. The van der Waals surface area contributed by atoms with Crippen LogP contribution in [0.25, 0.3) is 5.69 Å². The molecule has 1 aromatic heterocycles. The van der Waals surface area contributed by atoms with E-state index >= 15 is 0 Å². The number of nitrogens with one attached hydrogen (secondary N) is 1. The van der Waals surface area contributed by atoms with E-state index in [2.05, 4.69) is 15.6 Å². The lowest BCUT2D eigenvalue weighted by atomic mass is 9.85. The number of aryl methyl sites for hydroxylation is 1. The number of aliphatic hydroxyl groups is 1. The van der Waals surface area contributed by atoms with Crippen LogP contribution in [-0.4, -0.2) is 38.7 Å². The van der Waals surface area contributed by atoms with Gasteiger partial charge in [0, 0.05) is 18.6 Å². The van der Waals surface area contributed by atoms with Crippen molar-refractivity contribution in [3.8, 4) is 5.69 Å². The average Bonchev–Trinajstić information content (AvgIpc) is 2.98. The second-order valence-corrected chi connectivity index (χ2v) is 6.58. The zero-order valence-electron chi connectivity index (χ0n) is 14.2. The summed E-state index contributed by atoms with van der Waals surface area (Å²) in [6, 6.07) is 7.94. The number of nitrogens with zero attached hydrogens (tertiary/aromatic N) is 3. The standard InChI is InChI=1S/C18H24N4O2/c1-12-7-9-15(10-8-12)22-13(2)17(20-21-22)18(24)19-16-6-4-3-5-14(16)11-23/h7-10,14,16,23H,3-6,11H2,1-2H3,(H,19,24). The molecule has 1 aliphatic rings. The second-order valence-electron chi connectivity index (χ2n) is 6.58. The van der Waals surface area contributed by atoms with Gasteiger partial charge < -0.3 is 10.4 Å². The van der Waals surface area contributed by atoms with E-state index in [0.29, 0.717) is 11.4 Å². The molecule has 24 heavy (non-hydrogen) atoms. The number of carbonyl (C=O) groups is 1. The summed E-state index contributed by atoms with van der Waals surface area (Å²) < 4.78 is 1.68. The molecule has 2 aromatic rings. The fourth-order valence-electron chi connectivity index (χ4n) is 3.32. The number of carbonyl (C=O) groups excluding carboxylic acids is 1. The van der Waals surface area contributed by atoms with E-state index in [4.69, 9.17) is 0 Å². The molecule has 1 amide bonds. The second kappa shape index (κ2) is 7.13. The molecule has 1 saturated carbocycles. The van der Waals surface area contributed by atoms with Gasteiger partial charge in [0.2, 0.25) is 0 Å². The third kappa shape index (κ3) is 3.33. The maximum absolute atomic E-state index is 12.6. The molecule has 0 bridgehead atoms. The monoisotopic (exact) mass is 328 g/mol. The Kier molecular flexibility index (Phi) is 4.94. The van der Waals surface area contributed by atoms with Crippen LogP contribution in [0.1, 0.15) is 47.4 Å². The topological polar surface area (TPSA) is 80.0 Å². The number of hydrogen-bond acceptors (Lipinski definition) is 4. The SMILES string of the molecule is Cc1ccc(-n2nnc(C(=O)NC3CCCCC3CO)c2C)cc1. The van der Waals surface area contributed by atoms with Gasteiger partial charge in [0.1, 0.15) is 0 Å². The van der Waals surface area contributed by atoms with Crippen molar-refractivity contribution >= 4 is 5.91 Å². The molecule has 1 aromatic carbocycles. The van der Waals surface area contributed by atoms with Gasteiger partial charge in [0.25, 0.3) is 5.91 Å². The number of aromatic nitrogens is 3. The van der Waals surface area contributed by atoms with Crippen molar-refractivity contribution in [3.63, 3.8) is 0 Å². The van der Waals surface area contributed by atoms with E-state index in [1.54, 1.807) is 4.68 Å². The molecule has 0 saturated heterocycles. The molecular weight excluding hydrogens is 304 g/mol. The lowest BCUT2D eigenvalue weighted by Crippen LogP contribution is -2.43. The first-order valence-corrected chi connectivity index (χ1v) is 8.51. The summed E-state index contributed by atoms with van der Waals surface area (Å²) in [6.45, 7) is 3.98. The Balaban J connectivity index is 1.77. The molecule has 2 N–H and O–H groups in total. The number of rotatable bonds is 4. The fraction of sp³-hybridized carbons (Fsp3) is 0.500. The highest BCUT2D eigenvalue weighted by Gasteiger charge is 2.28. The lowest BCUT2D eigenvalue weighted by molar-refractivity contribution is 0.0867. The fourth-order valence-corrected chi connectivity index (χ4v) is 3.32. The molecule has 6 heteroatoms. The van der Waals surface area contributed by atoms with Crippen molar-refractivity contribution in [3.05, 3.63) is 41.2 Å². The molecule has 0 spiro atoms. The van der Waals surface area contributed by atoms with Crippen LogP contribution < -0.4 is 5.32 Å². The van der Waals surface area contributed by atoms with E-state index in [1.807, 2.05) is 38.1 Å². The van der Waals surface area contributed by atoms with Crippen LogP contribution in [0.5, 0.6) is 0 Å². The molecule has 1 heterocycles. The summed E-state index contributed by atoms with van der Waals surface area (Å²) >= 11 is 0. The van der Waals surface area contributed by atoms with Crippen molar-refractivity contribution in [2.45, 2.75) is 45.6 Å². The first kappa shape index (κ1) is 16.6. The van der Waals surface area contributed by atoms with Gasteiger partial charge in [0.05, 0.1) is 11.4 Å². The van der Waals surface area contributed by atoms with E-state index in [1.165, 1.54) is 5.56 Å². The van der Waals surface area contributed by atoms with Gasteiger partial charge in [-0.3, -0.25) is 4.79 Å². The largest absolute Gasteiger partial charge is 0.396 e. The van der Waals surface area contributed by atoms with Crippen molar-refractivity contribution in [2.24, 2.45) is 5.92 Å². The molecule has 0 aliphatic heterocycles. The van der Waals surface area contributed by atoms with Gasteiger partial charge >= 0.3 is 0 Å². The minimum absolute atomic E-state index is 0.0141. The van der Waals surface area contributed by atoms with Gasteiger partial charge in [-0.25, -0.2) is 4.68 Å². The summed E-state index contributed by atoms with van der Waals surface area (Å²) in [4.78, 5) is 12.6. The predicted molar refractivity (Wildman–Crippen MR) is 91.1 cm³/mol. The summed E-state index contributed by atoms with van der Waals surface area (Å²) in [6.07, 6.45) is 4.05. The number of hydrogen-bond donors (Lipinski definition) is 2. The number of aliphatic hydroxyl groups excluding tert-OH is 1. The molecule has 1 fully saturated rings. The van der Waals surface area contributed by atoms with E-state index < -0.39 is 0 Å². The van der Waals surface area contributed by atoms with Crippen molar-refractivity contribution in [1.29, 1.82) is 0 Å². The van der Waals surface area contributed by atoms with Crippen molar-refractivity contribution in [1.82, 2.24) is 20.3 Å². The average molecular weight is 328 g/mol. The molecule has 128 valence electrons. The van der Waals surface area contributed by atoms with Crippen LogP contribution in [0.4, 0.5) is 0 Å². The van der Waals surface area contributed by atoms with Gasteiger partial charge in [-0.2, -0.15) is 0 Å². The Labute approximate surface area is 141 Å². The minimum Gasteiger partial charge on any atom is -0.396 e. The first-order chi connectivity index (χ1) is 11.6. The van der Waals surface area contributed by atoms with E-state index in [9.17, 15) is 9.90 Å². The highest BCUT2D eigenvalue weighted by molar-refractivity contribution is 5.93. The molecule has 2 unspecified atom stereocenters. The molecular formula is C18H24N4O2. The molecule has 6 nitrogen and oxygen atoms in total. The first-order valence-electron chi connectivity index (χ1n) is 8.51. The van der Waals surface area contributed by atoms with Crippen LogP contribution >= 0.6 is 0 Å². The Morgan fingerprint density at radius 3 is 2.67 bits per heavy atom. The third-order valence-corrected chi connectivity index (χ3v) is 4.85. The van der Waals surface area contributed by atoms with E-state index in [-0.39, 0.29) is 24.5 Å². The normalized spacial score (nSPS) is 20.8. The Morgan fingerprint density at radius 2 is 1.96 bits per heavy atom. The van der Waals surface area contributed by atoms with Crippen molar-refractivity contribution < 1.29 is 9.90 Å². The predicted octanol–water partition coefficient (Wildman–Crippen LogP) is 2.17. The molecule has 1 aliphatic carbocycles. The Hall–Kier alpha value is -2.21. The zero-order valence-corrected chi connectivity index (χ0v) is 14.2. The summed E-state index contributed by atoms with van der Waals surface area (Å²) in [5.74, 6) is -0.0774. The Morgan fingerprint density at radius 1 is 1.25 bits per heavy atom. The van der Waals surface area contributed by atoms with Crippen LogP contribution in [0.3, 0.4) is 0 Å². The quantitative estimate of drug-likeness (QED) is 0.901. The van der Waals surface area contributed by atoms with Gasteiger partial charge in [0.15, 0.2) is 5.69 Å². The van der Waals surface area contributed by atoms with Gasteiger partial charge in [-0.15, -0.1) is 5.10 Å². The number of benzene rings is 1. The summed E-state index contributed by atoms with van der Waals surface area (Å²) in [5, 5.41) is 20.7. The highest BCUT2D eigenvalue weighted by atomic mass is 16.3. The number of amides is 1. The summed E-state index contributed by atoms with van der Waals surface area (Å²) in [7, 11) is 0. The maximum Gasteiger partial charge on any atom is 0.273 e. The van der Waals surface area contributed by atoms with E-state index in [0.717, 1.165) is 31.4 Å².